The van der Waals surface area contributed by atoms with Crippen LogP contribution >= 0.6 is 12.4 Å². The summed E-state index contributed by atoms with van der Waals surface area (Å²) >= 11 is 0. The molecule has 1 aromatic rings. The summed E-state index contributed by atoms with van der Waals surface area (Å²) in [6.45, 7) is 11.4. The minimum absolute atomic E-state index is 0. The molecule has 0 amide bonds. The second-order valence-electron chi connectivity index (χ2n) is 7.99. The van der Waals surface area contributed by atoms with E-state index in [-0.39, 0.29) is 18.3 Å². The Morgan fingerprint density at radius 2 is 1.88 bits per heavy atom. The summed E-state index contributed by atoms with van der Waals surface area (Å²) in [5.41, 5.74) is 1.55. The maximum Gasteiger partial charge on any atom is 0.309 e. The first-order valence-electron chi connectivity index (χ1n) is 9.46. The van der Waals surface area contributed by atoms with Gasteiger partial charge in [0.25, 0.3) is 0 Å². The number of ether oxygens (including phenoxy) is 1. The minimum Gasteiger partial charge on any atom is -0.493 e. The van der Waals surface area contributed by atoms with Gasteiger partial charge in [-0.1, -0.05) is 18.6 Å². The number of aliphatic carboxylic acids is 1. The number of carboxylic acid groups (broad SMARTS) is 1. The van der Waals surface area contributed by atoms with Crippen LogP contribution in [0.3, 0.4) is 0 Å². The molecule has 1 unspecified atom stereocenters. The third-order valence-electron chi connectivity index (χ3n) is 5.57. The van der Waals surface area contributed by atoms with E-state index in [0.717, 1.165) is 37.4 Å². The van der Waals surface area contributed by atoms with E-state index in [0.29, 0.717) is 6.61 Å². The number of piperidine rings is 1. The predicted octanol–water partition coefficient (Wildman–Crippen LogP) is 4.71. The van der Waals surface area contributed by atoms with E-state index in [4.69, 9.17) is 4.74 Å². The van der Waals surface area contributed by atoms with Crippen LogP contribution in [0, 0.1) is 25.2 Å². The number of likely N-dealkylation sites (tertiary alicyclic amines) is 1. The summed E-state index contributed by atoms with van der Waals surface area (Å²) in [6.07, 6.45) is 4.49. The molecule has 26 heavy (non-hydrogen) atoms. The fourth-order valence-corrected chi connectivity index (χ4v) is 3.48. The van der Waals surface area contributed by atoms with Gasteiger partial charge in [-0.25, -0.2) is 0 Å². The average molecular weight is 384 g/mol. The van der Waals surface area contributed by atoms with Crippen molar-refractivity contribution in [2.45, 2.75) is 53.4 Å². The lowest BCUT2D eigenvalue weighted by Crippen LogP contribution is -2.43. The maximum atomic E-state index is 11.8. The van der Waals surface area contributed by atoms with Crippen molar-refractivity contribution >= 4 is 18.4 Å². The van der Waals surface area contributed by atoms with Crippen LogP contribution in [-0.2, 0) is 4.79 Å². The number of hydrogen-bond acceptors (Lipinski definition) is 3. The van der Waals surface area contributed by atoms with Crippen molar-refractivity contribution < 1.29 is 14.6 Å². The third-order valence-corrected chi connectivity index (χ3v) is 5.57. The van der Waals surface area contributed by atoms with Gasteiger partial charge in [0.2, 0.25) is 0 Å². The molecule has 0 aliphatic carbocycles. The molecule has 0 radical (unpaired) electrons. The van der Waals surface area contributed by atoms with Gasteiger partial charge in [-0.2, -0.15) is 0 Å². The molecule has 148 valence electrons. The number of aryl methyl sites for hydroxylation is 2. The van der Waals surface area contributed by atoms with E-state index in [2.05, 4.69) is 30.0 Å². The largest absolute Gasteiger partial charge is 0.493 e. The average Bonchev–Trinajstić information content (AvgIpc) is 2.57. The van der Waals surface area contributed by atoms with Crippen LogP contribution in [0.15, 0.2) is 18.2 Å². The molecule has 1 atom stereocenters. The molecule has 0 bridgehead atoms. The number of hydrogen-bond donors (Lipinski definition) is 1. The Bertz CT molecular complexity index is 583. The molecular weight excluding hydrogens is 350 g/mol. The molecule has 5 heteroatoms. The van der Waals surface area contributed by atoms with E-state index in [1.165, 1.54) is 24.8 Å². The zero-order valence-corrected chi connectivity index (χ0v) is 17.4. The molecule has 0 aromatic heterocycles. The van der Waals surface area contributed by atoms with Crippen LogP contribution in [0.25, 0.3) is 0 Å². The number of carboxylic acids is 1. The molecule has 1 aliphatic rings. The van der Waals surface area contributed by atoms with Crippen molar-refractivity contribution in [1.29, 1.82) is 0 Å². The molecule has 1 saturated heterocycles. The van der Waals surface area contributed by atoms with E-state index in [9.17, 15) is 9.90 Å². The maximum absolute atomic E-state index is 11.8. The molecule has 1 aromatic carbocycles. The lowest BCUT2D eigenvalue weighted by Gasteiger charge is -2.36. The molecule has 0 saturated carbocycles. The summed E-state index contributed by atoms with van der Waals surface area (Å²) in [7, 11) is 0. The smallest absolute Gasteiger partial charge is 0.309 e. The van der Waals surface area contributed by atoms with Crippen LogP contribution in [0.4, 0.5) is 0 Å². The molecule has 0 spiro atoms. The fraction of sp³-hybridized carbons (Fsp3) is 0.667. The minimum atomic E-state index is -0.748. The first-order valence-corrected chi connectivity index (χ1v) is 9.46. The molecule has 1 heterocycles. The van der Waals surface area contributed by atoms with Gasteiger partial charge < -0.3 is 14.7 Å². The van der Waals surface area contributed by atoms with Crippen LogP contribution < -0.4 is 4.74 Å². The molecule has 1 fully saturated rings. The van der Waals surface area contributed by atoms with Crippen LogP contribution in [0.1, 0.15) is 50.7 Å². The molecule has 1 N–H and O–H groups in total. The first-order chi connectivity index (χ1) is 11.8. The Balaban J connectivity index is 0.00000338. The van der Waals surface area contributed by atoms with Crippen molar-refractivity contribution in [3.63, 3.8) is 0 Å². The normalized spacial score (nSPS) is 16.6. The number of carbonyl (C=O) groups is 1. The summed E-state index contributed by atoms with van der Waals surface area (Å²) < 4.78 is 6.00. The lowest BCUT2D eigenvalue weighted by molar-refractivity contribution is -0.151. The van der Waals surface area contributed by atoms with Crippen molar-refractivity contribution in [2.75, 3.05) is 26.2 Å². The zero-order chi connectivity index (χ0) is 18.4. The van der Waals surface area contributed by atoms with Gasteiger partial charge in [0, 0.05) is 6.54 Å². The Kier molecular flexibility index (Phi) is 8.91. The molecule has 1 aliphatic heterocycles. The van der Waals surface area contributed by atoms with Gasteiger partial charge in [0.1, 0.15) is 5.75 Å². The van der Waals surface area contributed by atoms with E-state index in [1.54, 1.807) is 0 Å². The van der Waals surface area contributed by atoms with Crippen molar-refractivity contribution in [3.05, 3.63) is 29.3 Å². The highest BCUT2D eigenvalue weighted by Gasteiger charge is 2.37. The second kappa shape index (κ2) is 10.2. The number of rotatable bonds is 8. The summed E-state index contributed by atoms with van der Waals surface area (Å²) in [5.74, 6) is 0.263. The van der Waals surface area contributed by atoms with Crippen molar-refractivity contribution in [1.82, 2.24) is 4.90 Å². The molecule has 2 rings (SSSR count). The van der Waals surface area contributed by atoms with E-state index < -0.39 is 11.4 Å². The van der Waals surface area contributed by atoms with Gasteiger partial charge in [-0.15, -0.1) is 12.4 Å². The SMILES string of the molecule is Cc1ccc(C)c(OCCC(CN2CCCCC2)C(C)(C)C(=O)O)c1.Cl. The third kappa shape index (κ3) is 6.17. The highest BCUT2D eigenvalue weighted by atomic mass is 35.5. The predicted molar refractivity (Wildman–Crippen MR) is 108 cm³/mol. The number of benzene rings is 1. The van der Waals surface area contributed by atoms with Crippen LogP contribution in [0.2, 0.25) is 0 Å². The summed E-state index contributed by atoms with van der Waals surface area (Å²) in [4.78, 5) is 14.2. The standard InChI is InChI=1S/C21H33NO3.ClH/c1-16-8-9-17(2)19(14-16)25-13-10-18(21(3,4)20(23)24)15-22-11-6-5-7-12-22;/h8-9,14,18H,5-7,10-13,15H2,1-4H3,(H,23,24);1H. The number of halogens is 1. The Morgan fingerprint density at radius 1 is 1.23 bits per heavy atom. The lowest BCUT2D eigenvalue weighted by atomic mass is 9.76. The van der Waals surface area contributed by atoms with Crippen LogP contribution in [-0.4, -0.2) is 42.2 Å². The van der Waals surface area contributed by atoms with Gasteiger partial charge in [-0.3, -0.25) is 4.79 Å². The number of nitrogens with zero attached hydrogens (tertiary/aromatic N) is 1. The zero-order valence-electron chi connectivity index (χ0n) is 16.6. The monoisotopic (exact) mass is 383 g/mol. The first kappa shape index (κ1) is 22.8. The summed E-state index contributed by atoms with van der Waals surface area (Å²) in [5, 5.41) is 9.68. The van der Waals surface area contributed by atoms with Gasteiger partial charge in [-0.05, 0) is 83.2 Å². The highest BCUT2D eigenvalue weighted by Crippen LogP contribution is 2.32. The molecular formula is C21H34ClNO3. The second-order valence-corrected chi connectivity index (χ2v) is 7.99. The molecule has 4 nitrogen and oxygen atoms in total. The Morgan fingerprint density at radius 3 is 2.50 bits per heavy atom. The van der Waals surface area contributed by atoms with Crippen molar-refractivity contribution in [3.8, 4) is 5.75 Å². The Hall–Kier alpha value is -1.26. The Labute approximate surface area is 164 Å². The van der Waals surface area contributed by atoms with Gasteiger partial charge in [0.05, 0.1) is 12.0 Å². The topological polar surface area (TPSA) is 49.8 Å². The van der Waals surface area contributed by atoms with Gasteiger partial charge >= 0.3 is 5.97 Å². The van der Waals surface area contributed by atoms with Gasteiger partial charge in [0.15, 0.2) is 0 Å². The van der Waals surface area contributed by atoms with E-state index in [1.807, 2.05) is 20.8 Å². The fourth-order valence-electron chi connectivity index (χ4n) is 3.48. The quantitative estimate of drug-likeness (QED) is 0.706. The van der Waals surface area contributed by atoms with Crippen molar-refractivity contribution in [2.24, 2.45) is 11.3 Å². The highest BCUT2D eigenvalue weighted by molar-refractivity contribution is 5.85. The van der Waals surface area contributed by atoms with Crippen LogP contribution in [0.5, 0.6) is 5.75 Å². The summed E-state index contributed by atoms with van der Waals surface area (Å²) in [6, 6.07) is 6.20. The van der Waals surface area contributed by atoms with E-state index >= 15 is 0 Å².